The summed E-state index contributed by atoms with van der Waals surface area (Å²) in [5.41, 5.74) is -0.109. The summed E-state index contributed by atoms with van der Waals surface area (Å²) in [6.07, 6.45) is 6.38. The lowest BCUT2D eigenvalue weighted by molar-refractivity contribution is 0.152. The maximum atomic E-state index is 9.54. The molecule has 1 atom stereocenters. The van der Waals surface area contributed by atoms with Crippen molar-refractivity contribution in [1.29, 1.82) is 0 Å². The third kappa shape index (κ3) is 7.28. The fourth-order valence-electron chi connectivity index (χ4n) is 2.79. The summed E-state index contributed by atoms with van der Waals surface area (Å²) in [6, 6.07) is 0.430. The van der Waals surface area contributed by atoms with E-state index >= 15 is 0 Å². The predicted molar refractivity (Wildman–Crippen MR) is 82.5 cm³/mol. The largest absolute Gasteiger partial charge is 0.394 e. The Labute approximate surface area is 119 Å². The Balaban J connectivity index is 2.16. The molecular formula is C16H34N2O. The topological polar surface area (TPSA) is 35.5 Å². The van der Waals surface area contributed by atoms with Gasteiger partial charge in [0.1, 0.15) is 0 Å². The fraction of sp³-hybridized carbons (Fsp3) is 1.00. The Hall–Kier alpha value is -0.120. The zero-order valence-electron chi connectivity index (χ0n) is 13.4. The van der Waals surface area contributed by atoms with Gasteiger partial charge in [0.05, 0.1) is 6.61 Å². The van der Waals surface area contributed by atoms with Crippen LogP contribution in [0.2, 0.25) is 0 Å². The minimum absolute atomic E-state index is 0.109. The van der Waals surface area contributed by atoms with E-state index in [1.807, 2.05) is 0 Å². The Bertz CT molecular complexity index is 241. The molecule has 1 saturated carbocycles. The van der Waals surface area contributed by atoms with Crippen molar-refractivity contribution in [2.45, 2.75) is 71.4 Å². The third-order valence-corrected chi connectivity index (χ3v) is 4.10. The van der Waals surface area contributed by atoms with Gasteiger partial charge in [0.15, 0.2) is 0 Å². The first-order chi connectivity index (χ1) is 8.99. The molecule has 1 aliphatic carbocycles. The van der Waals surface area contributed by atoms with Crippen LogP contribution in [0.15, 0.2) is 0 Å². The van der Waals surface area contributed by atoms with E-state index in [0.29, 0.717) is 6.04 Å². The van der Waals surface area contributed by atoms with Gasteiger partial charge in [-0.25, -0.2) is 0 Å². The average Bonchev–Trinajstić information content (AvgIpc) is 3.16. The van der Waals surface area contributed by atoms with Gasteiger partial charge in [-0.1, -0.05) is 27.2 Å². The van der Waals surface area contributed by atoms with Crippen LogP contribution < -0.4 is 5.32 Å². The van der Waals surface area contributed by atoms with Gasteiger partial charge in [0.2, 0.25) is 0 Å². The summed E-state index contributed by atoms with van der Waals surface area (Å²) in [6.45, 7) is 12.6. The molecule has 0 aromatic heterocycles. The van der Waals surface area contributed by atoms with Crippen molar-refractivity contribution in [1.82, 2.24) is 10.2 Å². The molecule has 1 rings (SSSR count). The van der Waals surface area contributed by atoms with Crippen LogP contribution in [0.25, 0.3) is 0 Å². The summed E-state index contributed by atoms with van der Waals surface area (Å²) in [5.74, 6) is 0.991. The summed E-state index contributed by atoms with van der Waals surface area (Å²) >= 11 is 0. The molecule has 0 aliphatic heterocycles. The molecular weight excluding hydrogens is 236 g/mol. The summed E-state index contributed by atoms with van der Waals surface area (Å²) in [5, 5.41) is 13.0. The lowest BCUT2D eigenvalue weighted by Gasteiger charge is -2.31. The summed E-state index contributed by atoms with van der Waals surface area (Å²) in [7, 11) is 0. The number of unbranched alkanes of at least 4 members (excludes halogenated alkanes) is 1. The maximum Gasteiger partial charge on any atom is 0.0610 e. The summed E-state index contributed by atoms with van der Waals surface area (Å²) < 4.78 is 0. The van der Waals surface area contributed by atoms with Crippen LogP contribution in [0.4, 0.5) is 0 Å². The van der Waals surface area contributed by atoms with E-state index < -0.39 is 0 Å². The molecule has 0 radical (unpaired) electrons. The monoisotopic (exact) mass is 270 g/mol. The molecule has 0 spiro atoms. The Morgan fingerprint density at radius 1 is 1.32 bits per heavy atom. The minimum atomic E-state index is -0.109. The third-order valence-electron chi connectivity index (χ3n) is 4.10. The van der Waals surface area contributed by atoms with Crippen molar-refractivity contribution in [3.63, 3.8) is 0 Å². The van der Waals surface area contributed by atoms with Gasteiger partial charge < -0.3 is 15.3 Å². The minimum Gasteiger partial charge on any atom is -0.394 e. The highest BCUT2D eigenvalue weighted by molar-refractivity contribution is 4.84. The number of aliphatic hydroxyl groups excluding tert-OH is 1. The second-order valence-corrected chi connectivity index (χ2v) is 6.81. The van der Waals surface area contributed by atoms with Crippen LogP contribution in [0, 0.1) is 5.92 Å². The van der Waals surface area contributed by atoms with Crippen molar-refractivity contribution >= 4 is 0 Å². The van der Waals surface area contributed by atoms with Gasteiger partial charge in [-0.15, -0.1) is 0 Å². The highest BCUT2D eigenvalue weighted by Crippen LogP contribution is 2.29. The second kappa shape index (κ2) is 8.23. The number of nitrogens with one attached hydrogen (secondary N) is 1. The van der Waals surface area contributed by atoms with E-state index in [1.165, 1.54) is 45.3 Å². The summed E-state index contributed by atoms with van der Waals surface area (Å²) in [4.78, 5) is 2.59. The fourth-order valence-corrected chi connectivity index (χ4v) is 2.79. The number of hydrogen-bond acceptors (Lipinski definition) is 3. The van der Waals surface area contributed by atoms with Gasteiger partial charge in [-0.05, 0) is 51.6 Å². The highest BCUT2D eigenvalue weighted by Gasteiger charge is 2.25. The molecule has 3 heteroatoms. The first kappa shape index (κ1) is 16.9. The molecule has 1 fully saturated rings. The molecule has 0 saturated heterocycles. The van der Waals surface area contributed by atoms with Crippen LogP contribution in [0.5, 0.6) is 0 Å². The molecule has 0 heterocycles. The first-order valence-corrected chi connectivity index (χ1v) is 8.10. The molecule has 0 aromatic rings. The Kier molecular flexibility index (Phi) is 7.33. The number of rotatable bonds is 11. The van der Waals surface area contributed by atoms with Gasteiger partial charge in [0.25, 0.3) is 0 Å². The lowest BCUT2D eigenvalue weighted by atomic mass is 9.94. The zero-order valence-corrected chi connectivity index (χ0v) is 13.4. The molecule has 1 aliphatic rings. The smallest absolute Gasteiger partial charge is 0.0610 e. The van der Waals surface area contributed by atoms with Crippen LogP contribution >= 0.6 is 0 Å². The van der Waals surface area contributed by atoms with Crippen LogP contribution in [0.3, 0.4) is 0 Å². The van der Waals surface area contributed by atoms with E-state index in [-0.39, 0.29) is 12.1 Å². The standard InChI is InChI=1S/C16H34N2O/c1-5-18(12-15-8-9-15)11-7-6-10-16(4,13-19)17-14(2)3/h14-15,17,19H,5-13H2,1-4H3. The highest BCUT2D eigenvalue weighted by atomic mass is 16.3. The molecule has 0 amide bonds. The Morgan fingerprint density at radius 2 is 2.00 bits per heavy atom. The van der Waals surface area contributed by atoms with Gasteiger partial charge in [-0.2, -0.15) is 0 Å². The average molecular weight is 270 g/mol. The van der Waals surface area contributed by atoms with E-state index in [1.54, 1.807) is 0 Å². The molecule has 0 bridgehead atoms. The van der Waals surface area contributed by atoms with Crippen LogP contribution in [0.1, 0.15) is 59.8 Å². The van der Waals surface area contributed by atoms with E-state index in [4.69, 9.17) is 0 Å². The van der Waals surface area contributed by atoms with E-state index in [9.17, 15) is 5.11 Å². The molecule has 2 N–H and O–H groups in total. The Morgan fingerprint density at radius 3 is 2.47 bits per heavy atom. The van der Waals surface area contributed by atoms with E-state index in [0.717, 1.165) is 12.3 Å². The van der Waals surface area contributed by atoms with Crippen molar-refractivity contribution in [3.05, 3.63) is 0 Å². The number of nitrogens with zero attached hydrogens (tertiary/aromatic N) is 1. The lowest BCUT2D eigenvalue weighted by Crippen LogP contribution is -2.49. The van der Waals surface area contributed by atoms with Crippen molar-refractivity contribution in [3.8, 4) is 0 Å². The van der Waals surface area contributed by atoms with Crippen molar-refractivity contribution in [2.75, 3.05) is 26.2 Å². The zero-order chi connectivity index (χ0) is 14.3. The number of hydrogen-bond donors (Lipinski definition) is 2. The molecule has 3 nitrogen and oxygen atoms in total. The molecule has 0 aromatic carbocycles. The van der Waals surface area contributed by atoms with Crippen molar-refractivity contribution in [2.24, 2.45) is 5.92 Å². The van der Waals surface area contributed by atoms with Gasteiger partial charge in [0, 0.05) is 18.1 Å². The number of aliphatic hydroxyl groups is 1. The van der Waals surface area contributed by atoms with Crippen LogP contribution in [-0.2, 0) is 0 Å². The molecule has 1 unspecified atom stereocenters. The van der Waals surface area contributed by atoms with Gasteiger partial charge >= 0.3 is 0 Å². The SMILES string of the molecule is CCN(CCCCC(C)(CO)NC(C)C)CC1CC1. The predicted octanol–water partition coefficient (Wildman–Crippen LogP) is 2.64. The van der Waals surface area contributed by atoms with Crippen LogP contribution in [-0.4, -0.2) is 47.8 Å². The molecule has 114 valence electrons. The van der Waals surface area contributed by atoms with Crippen molar-refractivity contribution < 1.29 is 5.11 Å². The second-order valence-electron chi connectivity index (χ2n) is 6.81. The van der Waals surface area contributed by atoms with Gasteiger partial charge in [-0.3, -0.25) is 0 Å². The first-order valence-electron chi connectivity index (χ1n) is 8.10. The van der Waals surface area contributed by atoms with E-state index in [2.05, 4.69) is 37.9 Å². The normalized spacial score (nSPS) is 19.1. The maximum absolute atomic E-state index is 9.54. The quantitative estimate of drug-likeness (QED) is 0.567. The molecule has 19 heavy (non-hydrogen) atoms.